The van der Waals surface area contributed by atoms with E-state index < -0.39 is 23.3 Å². The van der Waals surface area contributed by atoms with Gasteiger partial charge < -0.3 is 5.11 Å². The third kappa shape index (κ3) is 3.19. The average molecular weight is 381 g/mol. The van der Waals surface area contributed by atoms with Crippen molar-refractivity contribution in [3.05, 3.63) is 95.6 Å². The maximum absolute atomic E-state index is 14.9. The van der Waals surface area contributed by atoms with Crippen LogP contribution in [0, 0.1) is 11.6 Å². The van der Waals surface area contributed by atoms with Gasteiger partial charge in [-0.1, -0.05) is 18.2 Å². The lowest BCUT2D eigenvalue weighted by Crippen LogP contribution is -2.45. The number of benzene rings is 1. The first kappa shape index (κ1) is 18.7. The maximum Gasteiger partial charge on any atom is 0.137 e. The van der Waals surface area contributed by atoms with E-state index in [2.05, 4.69) is 9.97 Å². The molecule has 0 bridgehead atoms. The van der Waals surface area contributed by atoms with E-state index in [0.29, 0.717) is 24.2 Å². The summed E-state index contributed by atoms with van der Waals surface area (Å²) in [6.07, 6.45) is 8.08. The SMILES string of the molecule is OC(c1cccnc1)(c1cccnc1)C(c1c(F)cccc1F)N1CCCC1. The van der Waals surface area contributed by atoms with Crippen LogP contribution >= 0.6 is 0 Å². The molecular formula is C22H21F2N3O. The fourth-order valence-corrected chi connectivity index (χ4v) is 4.09. The molecule has 0 spiro atoms. The molecule has 3 aromatic rings. The predicted molar refractivity (Wildman–Crippen MR) is 101 cm³/mol. The molecule has 1 aliphatic heterocycles. The summed E-state index contributed by atoms with van der Waals surface area (Å²) in [6, 6.07) is 9.70. The summed E-state index contributed by atoms with van der Waals surface area (Å²) in [5.41, 5.74) is -0.944. The number of nitrogens with zero attached hydrogens (tertiary/aromatic N) is 3. The Balaban J connectivity index is 2.00. The Morgan fingerprint density at radius 3 is 1.86 bits per heavy atom. The number of hydrogen-bond acceptors (Lipinski definition) is 4. The lowest BCUT2D eigenvalue weighted by molar-refractivity contribution is -0.0183. The first-order valence-corrected chi connectivity index (χ1v) is 9.33. The number of halogens is 2. The molecule has 144 valence electrons. The van der Waals surface area contributed by atoms with E-state index in [1.165, 1.54) is 30.6 Å². The molecule has 0 aliphatic carbocycles. The molecule has 6 heteroatoms. The van der Waals surface area contributed by atoms with E-state index in [9.17, 15) is 13.9 Å². The lowest BCUT2D eigenvalue weighted by atomic mass is 9.77. The summed E-state index contributed by atoms with van der Waals surface area (Å²) in [7, 11) is 0. The third-order valence-electron chi connectivity index (χ3n) is 5.38. The highest BCUT2D eigenvalue weighted by Crippen LogP contribution is 2.46. The second-order valence-corrected chi connectivity index (χ2v) is 7.03. The zero-order valence-corrected chi connectivity index (χ0v) is 15.3. The Kier molecular flexibility index (Phi) is 5.15. The van der Waals surface area contributed by atoms with Gasteiger partial charge in [-0.3, -0.25) is 14.9 Å². The van der Waals surface area contributed by atoms with Crippen LogP contribution in [0.1, 0.15) is 35.6 Å². The highest BCUT2D eigenvalue weighted by molar-refractivity contribution is 5.40. The van der Waals surface area contributed by atoms with Crippen LogP contribution in [-0.2, 0) is 5.60 Å². The summed E-state index contributed by atoms with van der Waals surface area (Å²) in [5.74, 6) is -1.36. The summed E-state index contributed by atoms with van der Waals surface area (Å²) >= 11 is 0. The van der Waals surface area contributed by atoms with E-state index in [-0.39, 0.29) is 5.56 Å². The molecule has 1 aromatic carbocycles. The molecule has 1 aliphatic rings. The molecule has 2 aromatic heterocycles. The Morgan fingerprint density at radius 1 is 0.857 bits per heavy atom. The van der Waals surface area contributed by atoms with Crippen LogP contribution in [0.3, 0.4) is 0 Å². The van der Waals surface area contributed by atoms with Crippen LogP contribution in [0.5, 0.6) is 0 Å². The van der Waals surface area contributed by atoms with Crippen LogP contribution < -0.4 is 0 Å². The van der Waals surface area contributed by atoms with Gasteiger partial charge in [-0.2, -0.15) is 0 Å². The monoisotopic (exact) mass is 381 g/mol. The number of rotatable bonds is 5. The molecule has 0 saturated carbocycles. The average Bonchev–Trinajstić information content (AvgIpc) is 3.26. The van der Waals surface area contributed by atoms with Crippen LogP contribution in [0.2, 0.25) is 0 Å². The Bertz CT molecular complexity index is 871. The van der Waals surface area contributed by atoms with Crippen molar-refractivity contribution in [1.82, 2.24) is 14.9 Å². The minimum atomic E-state index is -1.73. The van der Waals surface area contributed by atoms with Gasteiger partial charge in [0.1, 0.15) is 17.2 Å². The van der Waals surface area contributed by atoms with Crippen molar-refractivity contribution in [2.75, 3.05) is 13.1 Å². The smallest absolute Gasteiger partial charge is 0.137 e. The highest BCUT2D eigenvalue weighted by Gasteiger charge is 2.47. The van der Waals surface area contributed by atoms with Crippen molar-refractivity contribution in [1.29, 1.82) is 0 Å². The van der Waals surface area contributed by atoms with Gasteiger partial charge in [0.2, 0.25) is 0 Å². The van der Waals surface area contributed by atoms with Crippen molar-refractivity contribution in [2.24, 2.45) is 0 Å². The molecule has 3 heterocycles. The minimum absolute atomic E-state index is 0.139. The molecule has 4 nitrogen and oxygen atoms in total. The van der Waals surface area contributed by atoms with Gasteiger partial charge in [-0.05, 0) is 50.2 Å². The van der Waals surface area contributed by atoms with E-state index in [4.69, 9.17) is 0 Å². The molecule has 28 heavy (non-hydrogen) atoms. The number of hydrogen-bond donors (Lipinski definition) is 1. The first-order valence-electron chi connectivity index (χ1n) is 9.33. The zero-order chi connectivity index (χ0) is 19.6. The van der Waals surface area contributed by atoms with Crippen molar-refractivity contribution >= 4 is 0 Å². The zero-order valence-electron chi connectivity index (χ0n) is 15.3. The minimum Gasteiger partial charge on any atom is -0.378 e. The van der Waals surface area contributed by atoms with Gasteiger partial charge in [0, 0.05) is 41.5 Å². The summed E-state index contributed by atoms with van der Waals surface area (Å²) < 4.78 is 29.8. The predicted octanol–water partition coefficient (Wildman–Crippen LogP) is 3.83. The number of aromatic nitrogens is 2. The van der Waals surface area contributed by atoms with E-state index in [1.54, 1.807) is 36.7 Å². The number of pyridine rings is 2. The normalized spacial score (nSPS) is 16.2. The van der Waals surface area contributed by atoms with E-state index in [0.717, 1.165) is 12.8 Å². The molecular weight excluding hydrogens is 360 g/mol. The van der Waals surface area contributed by atoms with Gasteiger partial charge in [0.15, 0.2) is 0 Å². The third-order valence-corrected chi connectivity index (χ3v) is 5.38. The van der Waals surface area contributed by atoms with Crippen LogP contribution in [0.15, 0.2) is 67.3 Å². The maximum atomic E-state index is 14.9. The second kappa shape index (κ2) is 7.73. The second-order valence-electron chi connectivity index (χ2n) is 7.03. The van der Waals surface area contributed by atoms with Crippen molar-refractivity contribution in [3.8, 4) is 0 Å². The van der Waals surface area contributed by atoms with Gasteiger partial charge in [-0.15, -0.1) is 0 Å². The lowest BCUT2D eigenvalue weighted by Gasteiger charge is -2.42. The quantitative estimate of drug-likeness (QED) is 0.730. The van der Waals surface area contributed by atoms with E-state index in [1.807, 2.05) is 4.90 Å². The van der Waals surface area contributed by atoms with E-state index >= 15 is 0 Å². The van der Waals surface area contributed by atoms with Crippen molar-refractivity contribution in [2.45, 2.75) is 24.5 Å². The molecule has 4 rings (SSSR count). The topological polar surface area (TPSA) is 49.3 Å². The number of aliphatic hydroxyl groups is 1. The summed E-state index contributed by atoms with van der Waals surface area (Å²) in [6.45, 7) is 1.28. The molecule has 1 fully saturated rings. The van der Waals surface area contributed by atoms with Gasteiger partial charge in [0.05, 0.1) is 6.04 Å². The Hall–Kier alpha value is -2.70. The van der Waals surface area contributed by atoms with Gasteiger partial charge in [0.25, 0.3) is 0 Å². The molecule has 1 unspecified atom stereocenters. The van der Waals surface area contributed by atoms with Gasteiger partial charge in [-0.25, -0.2) is 8.78 Å². The van der Waals surface area contributed by atoms with Crippen LogP contribution in [0.25, 0.3) is 0 Å². The largest absolute Gasteiger partial charge is 0.378 e. The highest BCUT2D eigenvalue weighted by atomic mass is 19.1. The first-order chi connectivity index (χ1) is 13.6. The molecule has 1 saturated heterocycles. The van der Waals surface area contributed by atoms with Crippen molar-refractivity contribution < 1.29 is 13.9 Å². The summed E-state index contributed by atoms with van der Waals surface area (Å²) in [4.78, 5) is 10.2. The van der Waals surface area contributed by atoms with Crippen LogP contribution in [0.4, 0.5) is 8.78 Å². The Morgan fingerprint density at radius 2 is 1.39 bits per heavy atom. The molecule has 1 atom stereocenters. The fraction of sp³-hybridized carbons (Fsp3) is 0.273. The summed E-state index contributed by atoms with van der Waals surface area (Å²) in [5, 5.41) is 12.1. The Labute approximate surface area is 162 Å². The van der Waals surface area contributed by atoms with Gasteiger partial charge >= 0.3 is 0 Å². The fourth-order valence-electron chi connectivity index (χ4n) is 4.09. The molecule has 0 amide bonds. The van der Waals surface area contributed by atoms with Crippen molar-refractivity contribution in [3.63, 3.8) is 0 Å². The molecule has 1 N–H and O–H groups in total. The van der Waals surface area contributed by atoms with Crippen LogP contribution in [-0.4, -0.2) is 33.1 Å². The standard InChI is InChI=1S/C22H21F2N3O/c23-18-8-3-9-19(24)20(18)21(27-12-1-2-13-27)22(28,16-6-4-10-25-14-16)17-7-5-11-26-15-17/h3-11,14-15,21,28H,1-2,12-13H2. The number of likely N-dealkylation sites (tertiary alicyclic amines) is 1. The molecule has 0 radical (unpaired) electrons.